The number of halogens is 2. The summed E-state index contributed by atoms with van der Waals surface area (Å²) < 4.78 is 1.07. The third-order valence-electron chi connectivity index (χ3n) is 4.27. The van der Waals surface area contributed by atoms with Gasteiger partial charge >= 0.3 is 0 Å². The highest BCUT2D eigenvalue weighted by atomic mass is 79.9. The summed E-state index contributed by atoms with van der Waals surface area (Å²) in [6.45, 7) is 3.89. The van der Waals surface area contributed by atoms with Gasteiger partial charge in [-0.25, -0.2) is 0 Å². The van der Waals surface area contributed by atoms with Crippen LogP contribution in [0.2, 0.25) is 5.02 Å². The Balaban J connectivity index is 1.96. The van der Waals surface area contributed by atoms with E-state index in [2.05, 4.69) is 39.2 Å². The number of hydrogen-bond acceptors (Lipinski definition) is 3. The van der Waals surface area contributed by atoms with Gasteiger partial charge in [0.1, 0.15) is 0 Å². The molecule has 0 amide bonds. The van der Waals surface area contributed by atoms with Gasteiger partial charge in [0.25, 0.3) is 0 Å². The van der Waals surface area contributed by atoms with Gasteiger partial charge in [-0.1, -0.05) is 27.5 Å². The molecule has 0 spiro atoms. The Bertz CT molecular complexity index is 643. The van der Waals surface area contributed by atoms with E-state index in [0.717, 1.165) is 22.5 Å². The predicted molar refractivity (Wildman–Crippen MR) is 94.1 cm³/mol. The molecule has 3 rings (SSSR count). The van der Waals surface area contributed by atoms with Crippen LogP contribution in [0.1, 0.15) is 35.0 Å². The van der Waals surface area contributed by atoms with E-state index in [0.29, 0.717) is 12.6 Å². The van der Waals surface area contributed by atoms with E-state index < -0.39 is 0 Å². The summed E-state index contributed by atoms with van der Waals surface area (Å²) in [6.07, 6.45) is 1.10. The second-order valence-electron chi connectivity index (χ2n) is 5.38. The van der Waals surface area contributed by atoms with E-state index in [1.807, 2.05) is 29.5 Å². The van der Waals surface area contributed by atoms with Crippen molar-refractivity contribution in [3.63, 3.8) is 0 Å². The summed E-state index contributed by atoms with van der Waals surface area (Å²) in [5, 5.41) is 2.95. The van der Waals surface area contributed by atoms with Gasteiger partial charge in [-0.2, -0.15) is 0 Å². The van der Waals surface area contributed by atoms with Crippen molar-refractivity contribution in [1.29, 1.82) is 0 Å². The quantitative estimate of drug-likeness (QED) is 0.823. The van der Waals surface area contributed by atoms with Gasteiger partial charge in [-0.05, 0) is 54.1 Å². The van der Waals surface area contributed by atoms with Crippen molar-refractivity contribution < 1.29 is 0 Å². The van der Waals surface area contributed by atoms with E-state index >= 15 is 0 Å². The molecule has 2 nitrogen and oxygen atoms in total. The Morgan fingerprint density at radius 1 is 1.48 bits per heavy atom. The van der Waals surface area contributed by atoms with Crippen molar-refractivity contribution in [2.75, 3.05) is 13.1 Å². The lowest BCUT2D eigenvalue weighted by molar-refractivity contribution is 0.138. The SMILES string of the molecule is CC1c2ccsc2CCN1C(CN)c1cc(Cl)ccc1Br. The zero-order chi connectivity index (χ0) is 15.0. The Hall–Kier alpha value is -0.390. The molecule has 0 saturated heterocycles. The molecule has 2 unspecified atom stereocenters. The number of thiophene rings is 1. The monoisotopic (exact) mass is 384 g/mol. The number of rotatable bonds is 3. The molecule has 0 radical (unpaired) electrons. The molecular formula is C16H18BrClN2S. The number of fused-ring (bicyclic) bond motifs is 1. The molecule has 0 fully saturated rings. The molecule has 0 bridgehead atoms. The van der Waals surface area contributed by atoms with Crippen molar-refractivity contribution in [2.45, 2.75) is 25.4 Å². The molecule has 1 aliphatic rings. The maximum atomic E-state index is 6.18. The second-order valence-corrected chi connectivity index (χ2v) is 7.67. The Labute approximate surface area is 143 Å². The highest BCUT2D eigenvalue weighted by Crippen LogP contribution is 2.39. The van der Waals surface area contributed by atoms with Crippen LogP contribution in [0.5, 0.6) is 0 Å². The molecule has 112 valence electrons. The fourth-order valence-corrected chi connectivity index (χ4v) is 4.82. The predicted octanol–water partition coefficient (Wildman–Crippen LogP) is 4.78. The highest BCUT2D eigenvalue weighted by molar-refractivity contribution is 9.10. The molecule has 2 N–H and O–H groups in total. The zero-order valence-corrected chi connectivity index (χ0v) is 15.0. The third kappa shape index (κ3) is 2.92. The van der Waals surface area contributed by atoms with E-state index in [4.69, 9.17) is 17.3 Å². The lowest BCUT2D eigenvalue weighted by atomic mass is 9.96. The van der Waals surface area contributed by atoms with Crippen LogP contribution < -0.4 is 5.73 Å². The van der Waals surface area contributed by atoms with Crippen molar-refractivity contribution >= 4 is 38.9 Å². The van der Waals surface area contributed by atoms with Crippen molar-refractivity contribution in [3.8, 4) is 0 Å². The van der Waals surface area contributed by atoms with Crippen molar-refractivity contribution in [1.82, 2.24) is 4.90 Å². The molecule has 0 aliphatic carbocycles. The lowest BCUT2D eigenvalue weighted by Gasteiger charge is -2.39. The average Bonchev–Trinajstić information content (AvgIpc) is 2.95. The Morgan fingerprint density at radius 2 is 2.29 bits per heavy atom. The van der Waals surface area contributed by atoms with E-state index in [9.17, 15) is 0 Å². The average molecular weight is 386 g/mol. The largest absolute Gasteiger partial charge is 0.329 e. The summed E-state index contributed by atoms with van der Waals surface area (Å²) in [5.74, 6) is 0. The molecule has 0 saturated carbocycles. The minimum absolute atomic E-state index is 0.182. The van der Waals surface area contributed by atoms with Crippen molar-refractivity contribution in [3.05, 3.63) is 55.1 Å². The summed E-state index contributed by atoms with van der Waals surface area (Å²) in [7, 11) is 0. The summed E-state index contributed by atoms with van der Waals surface area (Å²) in [4.78, 5) is 4.01. The first-order valence-electron chi connectivity index (χ1n) is 7.09. The normalized spacial score (nSPS) is 20.3. The Kier molecular flexibility index (Phi) is 4.71. The summed E-state index contributed by atoms with van der Waals surface area (Å²) in [6, 6.07) is 8.75. The zero-order valence-electron chi connectivity index (χ0n) is 11.9. The van der Waals surface area contributed by atoms with Gasteiger partial charge < -0.3 is 5.73 Å². The minimum Gasteiger partial charge on any atom is -0.329 e. The molecule has 2 aromatic rings. The molecule has 2 atom stereocenters. The van der Waals surface area contributed by atoms with Gasteiger partial charge in [0.05, 0.1) is 0 Å². The van der Waals surface area contributed by atoms with Crippen LogP contribution in [0.25, 0.3) is 0 Å². The van der Waals surface area contributed by atoms with Crippen LogP contribution in [-0.4, -0.2) is 18.0 Å². The van der Waals surface area contributed by atoms with E-state index in [-0.39, 0.29) is 6.04 Å². The van der Waals surface area contributed by atoms with Gasteiger partial charge in [-0.3, -0.25) is 4.90 Å². The van der Waals surface area contributed by atoms with Crippen molar-refractivity contribution in [2.24, 2.45) is 5.73 Å². The van der Waals surface area contributed by atoms with Crippen LogP contribution >= 0.6 is 38.9 Å². The van der Waals surface area contributed by atoms with Crippen LogP contribution in [0.15, 0.2) is 34.1 Å². The van der Waals surface area contributed by atoms with Gasteiger partial charge in [0, 0.05) is 39.5 Å². The number of nitrogens with two attached hydrogens (primary N) is 1. The summed E-state index contributed by atoms with van der Waals surface area (Å²) in [5.41, 5.74) is 8.73. The van der Waals surface area contributed by atoms with E-state index in [1.165, 1.54) is 16.0 Å². The second kappa shape index (κ2) is 6.39. The topological polar surface area (TPSA) is 29.3 Å². The number of nitrogens with zero attached hydrogens (tertiary/aromatic N) is 1. The molecule has 21 heavy (non-hydrogen) atoms. The molecule has 1 aromatic carbocycles. The van der Waals surface area contributed by atoms with Crippen LogP contribution in [0.4, 0.5) is 0 Å². The third-order valence-corrected chi connectivity index (χ3v) is 6.22. The number of hydrogen-bond donors (Lipinski definition) is 1. The smallest absolute Gasteiger partial charge is 0.0488 e. The van der Waals surface area contributed by atoms with E-state index in [1.54, 1.807) is 0 Å². The standard InChI is InChI=1S/C16H18BrClN2S/c1-10-12-5-7-21-16(12)4-6-20(10)15(9-19)13-8-11(18)2-3-14(13)17/h2-3,5,7-8,10,15H,4,6,9,19H2,1H3. The van der Waals surface area contributed by atoms with Gasteiger partial charge in [-0.15, -0.1) is 11.3 Å². The fraction of sp³-hybridized carbons (Fsp3) is 0.375. The Morgan fingerprint density at radius 3 is 3.05 bits per heavy atom. The highest BCUT2D eigenvalue weighted by Gasteiger charge is 2.31. The minimum atomic E-state index is 0.182. The fourth-order valence-electron chi connectivity index (χ4n) is 3.17. The first-order chi connectivity index (χ1) is 10.1. The summed E-state index contributed by atoms with van der Waals surface area (Å²) >= 11 is 11.7. The maximum Gasteiger partial charge on any atom is 0.0488 e. The lowest BCUT2D eigenvalue weighted by Crippen LogP contribution is -2.39. The molecule has 2 heterocycles. The maximum absolute atomic E-state index is 6.18. The first-order valence-corrected chi connectivity index (χ1v) is 9.14. The van der Waals surface area contributed by atoms with Gasteiger partial charge in [0.2, 0.25) is 0 Å². The molecule has 1 aliphatic heterocycles. The molecule has 5 heteroatoms. The van der Waals surface area contributed by atoms with Crippen LogP contribution in [0, 0.1) is 0 Å². The van der Waals surface area contributed by atoms with Gasteiger partial charge in [0.15, 0.2) is 0 Å². The molecule has 1 aromatic heterocycles. The molecular weight excluding hydrogens is 368 g/mol. The van der Waals surface area contributed by atoms with Crippen LogP contribution in [0.3, 0.4) is 0 Å². The van der Waals surface area contributed by atoms with Crippen LogP contribution in [-0.2, 0) is 6.42 Å². The number of benzene rings is 1. The first kappa shape index (κ1) is 15.5.